The summed E-state index contributed by atoms with van der Waals surface area (Å²) in [7, 11) is 0. The molecule has 1 aromatic heterocycles. The van der Waals surface area contributed by atoms with Gasteiger partial charge in [-0.3, -0.25) is 4.79 Å². The molecule has 1 amide bonds. The molecular formula is C12H17BrN2O. The van der Waals surface area contributed by atoms with Crippen molar-refractivity contribution in [1.29, 1.82) is 0 Å². The Morgan fingerprint density at radius 3 is 2.62 bits per heavy atom. The molecule has 0 fully saturated rings. The lowest BCUT2D eigenvalue weighted by molar-refractivity contribution is 0.0700. The Morgan fingerprint density at radius 2 is 2.19 bits per heavy atom. The summed E-state index contributed by atoms with van der Waals surface area (Å²) in [4.78, 5) is 18.1. The molecule has 1 heterocycles. The number of halogens is 1. The monoisotopic (exact) mass is 284 g/mol. The Morgan fingerprint density at radius 1 is 1.50 bits per heavy atom. The van der Waals surface area contributed by atoms with Crippen LogP contribution in [0.15, 0.2) is 22.8 Å². The molecule has 0 saturated heterocycles. The second-order valence-electron chi connectivity index (χ2n) is 3.95. The molecule has 1 aromatic rings. The highest BCUT2D eigenvalue weighted by atomic mass is 79.9. The van der Waals surface area contributed by atoms with Crippen LogP contribution in [0.5, 0.6) is 0 Å². The molecule has 0 spiro atoms. The summed E-state index contributed by atoms with van der Waals surface area (Å²) in [5.74, 6) is 0.00403. The number of rotatable bonds is 4. The minimum atomic E-state index is 0.00403. The highest BCUT2D eigenvalue weighted by molar-refractivity contribution is 9.10. The number of hydrogen-bond acceptors (Lipinski definition) is 2. The van der Waals surface area contributed by atoms with E-state index >= 15 is 0 Å². The van der Waals surface area contributed by atoms with E-state index in [2.05, 4.69) is 27.8 Å². The molecule has 0 aliphatic heterocycles. The van der Waals surface area contributed by atoms with E-state index in [1.165, 1.54) is 0 Å². The van der Waals surface area contributed by atoms with Crippen LogP contribution < -0.4 is 0 Å². The predicted octanol–water partition coefficient (Wildman–Crippen LogP) is 3.10. The van der Waals surface area contributed by atoms with E-state index in [0.29, 0.717) is 5.69 Å². The highest BCUT2D eigenvalue weighted by Gasteiger charge is 2.18. The van der Waals surface area contributed by atoms with Crippen LogP contribution >= 0.6 is 15.9 Å². The molecule has 0 aliphatic carbocycles. The van der Waals surface area contributed by atoms with Crippen molar-refractivity contribution in [1.82, 2.24) is 9.88 Å². The van der Waals surface area contributed by atoms with Crippen molar-refractivity contribution >= 4 is 21.8 Å². The van der Waals surface area contributed by atoms with E-state index in [4.69, 9.17) is 0 Å². The average Bonchev–Trinajstić information content (AvgIpc) is 2.25. The number of aromatic nitrogens is 1. The van der Waals surface area contributed by atoms with Crippen molar-refractivity contribution in [3.8, 4) is 0 Å². The third-order valence-corrected chi connectivity index (χ3v) is 2.76. The van der Waals surface area contributed by atoms with Crippen LogP contribution in [0.25, 0.3) is 0 Å². The summed E-state index contributed by atoms with van der Waals surface area (Å²) < 4.78 is 0.885. The molecule has 0 atom stereocenters. The molecule has 1 rings (SSSR count). The fraction of sp³-hybridized carbons (Fsp3) is 0.500. The van der Waals surface area contributed by atoms with Crippen molar-refractivity contribution in [3.05, 3.63) is 28.5 Å². The van der Waals surface area contributed by atoms with Gasteiger partial charge in [0.1, 0.15) is 5.69 Å². The normalized spacial score (nSPS) is 10.6. The zero-order valence-corrected chi connectivity index (χ0v) is 11.5. The molecule has 0 saturated carbocycles. The predicted molar refractivity (Wildman–Crippen MR) is 68.4 cm³/mol. The number of carbonyl (C=O) groups excluding carboxylic acids is 1. The molecule has 0 aromatic carbocycles. The van der Waals surface area contributed by atoms with Gasteiger partial charge < -0.3 is 4.90 Å². The minimum absolute atomic E-state index is 0.00403. The van der Waals surface area contributed by atoms with Crippen molar-refractivity contribution in [2.45, 2.75) is 33.2 Å². The second-order valence-corrected chi connectivity index (χ2v) is 4.87. The third kappa shape index (κ3) is 3.30. The molecule has 0 radical (unpaired) electrons. The first-order chi connectivity index (χ1) is 7.56. The van der Waals surface area contributed by atoms with E-state index in [1.807, 2.05) is 24.8 Å². The maximum atomic E-state index is 12.1. The van der Waals surface area contributed by atoms with Gasteiger partial charge in [-0.25, -0.2) is 4.98 Å². The molecule has 3 nitrogen and oxygen atoms in total. The maximum Gasteiger partial charge on any atom is 0.272 e. The zero-order valence-electron chi connectivity index (χ0n) is 9.90. The van der Waals surface area contributed by atoms with Gasteiger partial charge in [0.2, 0.25) is 0 Å². The quantitative estimate of drug-likeness (QED) is 0.851. The summed E-state index contributed by atoms with van der Waals surface area (Å²) in [5, 5.41) is 0. The lowest BCUT2D eigenvalue weighted by Gasteiger charge is -2.25. The van der Waals surface area contributed by atoms with E-state index in [0.717, 1.165) is 17.4 Å². The van der Waals surface area contributed by atoms with Crippen LogP contribution in [0.4, 0.5) is 0 Å². The van der Waals surface area contributed by atoms with Crippen LogP contribution in [-0.2, 0) is 0 Å². The van der Waals surface area contributed by atoms with Crippen molar-refractivity contribution in [2.24, 2.45) is 0 Å². The van der Waals surface area contributed by atoms with Gasteiger partial charge in [-0.05, 0) is 48.3 Å². The summed E-state index contributed by atoms with van der Waals surface area (Å²) in [6, 6.07) is 3.79. The first-order valence-electron chi connectivity index (χ1n) is 5.48. The minimum Gasteiger partial charge on any atom is -0.335 e. The van der Waals surface area contributed by atoms with E-state index in [1.54, 1.807) is 12.3 Å². The van der Waals surface area contributed by atoms with Gasteiger partial charge in [0.25, 0.3) is 5.91 Å². The molecule has 0 N–H and O–H groups in total. The Bertz CT molecular complexity index is 349. The Labute approximate surface area is 105 Å². The first-order valence-corrected chi connectivity index (χ1v) is 6.28. The number of nitrogens with zero attached hydrogens (tertiary/aromatic N) is 2. The smallest absolute Gasteiger partial charge is 0.272 e. The molecule has 0 bridgehead atoms. The standard InChI is InChI=1S/C12H17BrN2O/c1-4-7-15(9(2)3)12(16)11-6-5-10(13)8-14-11/h5-6,8-9H,4,7H2,1-3H3. The van der Waals surface area contributed by atoms with Crippen LogP contribution in [0.3, 0.4) is 0 Å². The SMILES string of the molecule is CCCN(C(=O)c1ccc(Br)cn1)C(C)C. The van der Waals surface area contributed by atoms with Crippen LogP contribution in [-0.4, -0.2) is 28.4 Å². The van der Waals surface area contributed by atoms with Gasteiger partial charge in [-0.2, -0.15) is 0 Å². The molecule has 0 unspecified atom stereocenters. The van der Waals surface area contributed by atoms with Gasteiger partial charge in [-0.15, -0.1) is 0 Å². The summed E-state index contributed by atoms with van der Waals surface area (Å²) in [6.45, 7) is 6.88. The highest BCUT2D eigenvalue weighted by Crippen LogP contribution is 2.11. The average molecular weight is 285 g/mol. The number of hydrogen-bond donors (Lipinski definition) is 0. The van der Waals surface area contributed by atoms with Gasteiger partial charge >= 0.3 is 0 Å². The van der Waals surface area contributed by atoms with E-state index < -0.39 is 0 Å². The molecule has 16 heavy (non-hydrogen) atoms. The van der Waals surface area contributed by atoms with E-state index in [-0.39, 0.29) is 11.9 Å². The van der Waals surface area contributed by atoms with Crippen LogP contribution in [0.1, 0.15) is 37.7 Å². The van der Waals surface area contributed by atoms with Crippen molar-refractivity contribution in [2.75, 3.05) is 6.54 Å². The number of carbonyl (C=O) groups is 1. The number of amides is 1. The molecule has 88 valence electrons. The lowest BCUT2D eigenvalue weighted by atomic mass is 10.2. The number of pyridine rings is 1. The lowest BCUT2D eigenvalue weighted by Crippen LogP contribution is -2.37. The second kappa shape index (κ2) is 5.99. The van der Waals surface area contributed by atoms with E-state index in [9.17, 15) is 4.79 Å². The summed E-state index contributed by atoms with van der Waals surface area (Å²) in [6.07, 6.45) is 2.61. The Balaban J connectivity index is 2.86. The topological polar surface area (TPSA) is 33.2 Å². The Hall–Kier alpha value is -0.900. The zero-order chi connectivity index (χ0) is 12.1. The molecule has 0 aliphatic rings. The van der Waals surface area contributed by atoms with Crippen molar-refractivity contribution in [3.63, 3.8) is 0 Å². The summed E-state index contributed by atoms with van der Waals surface area (Å²) in [5.41, 5.74) is 0.505. The van der Waals surface area contributed by atoms with Crippen LogP contribution in [0, 0.1) is 0 Å². The maximum absolute atomic E-state index is 12.1. The largest absolute Gasteiger partial charge is 0.335 e. The van der Waals surface area contributed by atoms with Gasteiger partial charge in [-0.1, -0.05) is 6.92 Å². The first kappa shape index (κ1) is 13.2. The fourth-order valence-corrected chi connectivity index (χ4v) is 1.72. The van der Waals surface area contributed by atoms with Crippen LogP contribution in [0.2, 0.25) is 0 Å². The van der Waals surface area contributed by atoms with Gasteiger partial charge in [0.05, 0.1) is 0 Å². The molecule has 4 heteroatoms. The fourth-order valence-electron chi connectivity index (χ4n) is 1.48. The van der Waals surface area contributed by atoms with Gasteiger partial charge in [0.15, 0.2) is 0 Å². The molecular weight excluding hydrogens is 268 g/mol. The Kier molecular flexibility index (Phi) is 4.93. The van der Waals surface area contributed by atoms with Gasteiger partial charge in [0, 0.05) is 23.3 Å². The third-order valence-electron chi connectivity index (χ3n) is 2.30. The van der Waals surface area contributed by atoms with Crippen molar-refractivity contribution < 1.29 is 4.79 Å². The summed E-state index contributed by atoms with van der Waals surface area (Å²) >= 11 is 3.30.